The summed E-state index contributed by atoms with van der Waals surface area (Å²) in [6, 6.07) is 0. The van der Waals surface area contributed by atoms with Crippen molar-refractivity contribution in [2.75, 3.05) is 0 Å². The molecule has 1 rings (SSSR count). The molecule has 4 atom stereocenters. The largest absolute Gasteiger partial charge is 0.0888 e. The Morgan fingerprint density at radius 3 is 2.50 bits per heavy atom. The highest BCUT2D eigenvalue weighted by Gasteiger charge is 2.29. The molecule has 0 aromatic rings. The summed E-state index contributed by atoms with van der Waals surface area (Å²) in [7, 11) is 0. The van der Waals surface area contributed by atoms with Gasteiger partial charge in [-0.1, -0.05) is 43.1 Å². The first-order valence-electron chi connectivity index (χ1n) is 5.29. The van der Waals surface area contributed by atoms with Crippen molar-refractivity contribution in [2.24, 2.45) is 17.8 Å². The Bertz CT molecular complexity index is 133. The third-order valence-corrected chi connectivity index (χ3v) is 4.68. The molecule has 12 heavy (non-hydrogen) atoms. The summed E-state index contributed by atoms with van der Waals surface area (Å²) >= 11 is 3.80. The van der Waals surface area contributed by atoms with E-state index in [9.17, 15) is 0 Å². The van der Waals surface area contributed by atoms with Crippen LogP contribution >= 0.6 is 15.9 Å². The molecule has 1 heteroatoms. The summed E-state index contributed by atoms with van der Waals surface area (Å²) < 4.78 is 0. The Morgan fingerprint density at radius 2 is 2.00 bits per heavy atom. The maximum Gasteiger partial charge on any atom is 0.0174 e. The molecule has 1 aliphatic carbocycles. The van der Waals surface area contributed by atoms with Crippen LogP contribution in [0.4, 0.5) is 0 Å². The summed E-state index contributed by atoms with van der Waals surface area (Å²) in [6.45, 7) is 7.09. The van der Waals surface area contributed by atoms with Crippen LogP contribution < -0.4 is 0 Å². The third kappa shape index (κ3) is 2.48. The maximum absolute atomic E-state index is 3.80. The molecule has 0 N–H and O–H groups in total. The Kier molecular flexibility index (Phi) is 4.09. The summed E-state index contributed by atoms with van der Waals surface area (Å²) in [5.41, 5.74) is 0. The zero-order valence-electron chi connectivity index (χ0n) is 8.52. The van der Waals surface area contributed by atoms with Crippen LogP contribution in [0.25, 0.3) is 0 Å². The molecule has 0 saturated heterocycles. The first-order chi connectivity index (χ1) is 5.65. The molecule has 0 spiro atoms. The molecule has 0 amide bonds. The van der Waals surface area contributed by atoms with E-state index in [-0.39, 0.29) is 0 Å². The van der Waals surface area contributed by atoms with Gasteiger partial charge in [-0.15, -0.1) is 0 Å². The molecular weight excluding hydrogens is 212 g/mol. The first-order valence-corrected chi connectivity index (χ1v) is 6.20. The minimum absolute atomic E-state index is 0.764. The van der Waals surface area contributed by atoms with Crippen LogP contribution in [0.15, 0.2) is 0 Å². The van der Waals surface area contributed by atoms with Crippen LogP contribution in [-0.2, 0) is 0 Å². The van der Waals surface area contributed by atoms with Crippen molar-refractivity contribution >= 4 is 15.9 Å². The van der Waals surface area contributed by atoms with Gasteiger partial charge in [0.25, 0.3) is 0 Å². The second-order valence-electron chi connectivity index (χ2n) is 4.48. The Labute approximate surface area is 85.3 Å². The fraction of sp³-hybridized carbons (Fsp3) is 1.00. The van der Waals surface area contributed by atoms with Gasteiger partial charge < -0.3 is 0 Å². The van der Waals surface area contributed by atoms with Crippen molar-refractivity contribution in [3.8, 4) is 0 Å². The second kappa shape index (κ2) is 4.64. The predicted octanol–water partition coefficient (Wildman–Crippen LogP) is 4.23. The number of halogens is 1. The average molecular weight is 233 g/mol. The third-order valence-electron chi connectivity index (χ3n) is 3.35. The van der Waals surface area contributed by atoms with Gasteiger partial charge in [-0.05, 0) is 37.0 Å². The van der Waals surface area contributed by atoms with Gasteiger partial charge in [0.05, 0.1) is 0 Å². The van der Waals surface area contributed by atoms with Gasteiger partial charge in [0.1, 0.15) is 0 Å². The molecule has 72 valence electrons. The molecule has 0 bridgehead atoms. The van der Waals surface area contributed by atoms with Crippen LogP contribution in [-0.4, -0.2) is 4.83 Å². The summed E-state index contributed by atoms with van der Waals surface area (Å²) in [4.78, 5) is 0.764. The van der Waals surface area contributed by atoms with Gasteiger partial charge in [-0.2, -0.15) is 0 Å². The van der Waals surface area contributed by atoms with Crippen LogP contribution in [0, 0.1) is 17.8 Å². The topological polar surface area (TPSA) is 0 Å². The molecule has 1 aliphatic rings. The fourth-order valence-electron chi connectivity index (χ4n) is 2.53. The Morgan fingerprint density at radius 1 is 1.33 bits per heavy atom. The smallest absolute Gasteiger partial charge is 0.0174 e. The summed E-state index contributed by atoms with van der Waals surface area (Å²) in [6.07, 6.45) is 5.60. The van der Waals surface area contributed by atoms with Gasteiger partial charge >= 0.3 is 0 Å². The van der Waals surface area contributed by atoms with Gasteiger partial charge in [0.2, 0.25) is 0 Å². The molecular formula is C11H21Br. The van der Waals surface area contributed by atoms with Crippen molar-refractivity contribution in [2.45, 2.75) is 51.3 Å². The lowest BCUT2D eigenvalue weighted by Crippen LogP contribution is -2.27. The van der Waals surface area contributed by atoms with Crippen LogP contribution in [0.2, 0.25) is 0 Å². The number of hydrogen-bond acceptors (Lipinski definition) is 0. The quantitative estimate of drug-likeness (QED) is 0.626. The minimum atomic E-state index is 0.764. The van der Waals surface area contributed by atoms with E-state index in [1.165, 1.54) is 25.7 Å². The van der Waals surface area contributed by atoms with Crippen molar-refractivity contribution in [3.63, 3.8) is 0 Å². The molecule has 0 heterocycles. The van der Waals surface area contributed by atoms with E-state index in [0.29, 0.717) is 0 Å². The zero-order chi connectivity index (χ0) is 9.14. The maximum atomic E-state index is 3.80. The van der Waals surface area contributed by atoms with E-state index in [0.717, 1.165) is 22.6 Å². The number of alkyl halides is 1. The fourth-order valence-corrected chi connectivity index (χ4v) is 3.31. The predicted molar refractivity (Wildman–Crippen MR) is 58.7 cm³/mol. The van der Waals surface area contributed by atoms with Gasteiger partial charge in [0, 0.05) is 4.83 Å². The number of hydrogen-bond donors (Lipinski definition) is 0. The number of rotatable bonds is 2. The molecule has 1 saturated carbocycles. The highest BCUT2D eigenvalue weighted by atomic mass is 79.9. The molecule has 0 aromatic heterocycles. The minimum Gasteiger partial charge on any atom is -0.0888 e. The van der Waals surface area contributed by atoms with E-state index in [1.807, 2.05) is 0 Å². The lowest BCUT2D eigenvalue weighted by Gasteiger charge is -2.35. The molecule has 0 aromatic carbocycles. The van der Waals surface area contributed by atoms with Crippen LogP contribution in [0.3, 0.4) is 0 Å². The summed E-state index contributed by atoms with van der Waals surface area (Å²) in [5.74, 6) is 2.83. The molecule has 0 aliphatic heterocycles. The first kappa shape index (κ1) is 10.6. The van der Waals surface area contributed by atoms with Crippen molar-refractivity contribution in [1.82, 2.24) is 0 Å². The average Bonchev–Trinajstić information content (AvgIpc) is 2.03. The van der Waals surface area contributed by atoms with E-state index < -0.39 is 0 Å². The highest BCUT2D eigenvalue weighted by Crippen LogP contribution is 2.38. The van der Waals surface area contributed by atoms with E-state index in [4.69, 9.17) is 0 Å². The second-order valence-corrected chi connectivity index (χ2v) is 5.66. The van der Waals surface area contributed by atoms with Gasteiger partial charge in [0.15, 0.2) is 0 Å². The molecule has 4 unspecified atom stereocenters. The Balaban J connectivity index is 2.44. The SMILES string of the molecule is CCC(Br)C1CCC(C)CC1C. The van der Waals surface area contributed by atoms with Crippen molar-refractivity contribution < 1.29 is 0 Å². The standard InChI is InChI=1S/C11H21Br/c1-4-11(12)10-6-5-8(2)7-9(10)3/h8-11H,4-7H2,1-3H3. The van der Waals surface area contributed by atoms with Gasteiger partial charge in [-0.3, -0.25) is 0 Å². The normalized spacial score (nSPS) is 39.5. The zero-order valence-corrected chi connectivity index (χ0v) is 10.1. The molecule has 1 fully saturated rings. The lowest BCUT2D eigenvalue weighted by molar-refractivity contribution is 0.200. The van der Waals surface area contributed by atoms with Crippen LogP contribution in [0.1, 0.15) is 46.5 Å². The summed E-state index contributed by atoms with van der Waals surface area (Å²) in [5, 5.41) is 0. The van der Waals surface area contributed by atoms with Crippen molar-refractivity contribution in [3.05, 3.63) is 0 Å². The van der Waals surface area contributed by atoms with E-state index in [2.05, 4.69) is 36.7 Å². The van der Waals surface area contributed by atoms with E-state index >= 15 is 0 Å². The lowest BCUT2D eigenvalue weighted by atomic mass is 9.74. The molecule has 0 radical (unpaired) electrons. The highest BCUT2D eigenvalue weighted by molar-refractivity contribution is 9.09. The monoisotopic (exact) mass is 232 g/mol. The van der Waals surface area contributed by atoms with Crippen molar-refractivity contribution in [1.29, 1.82) is 0 Å². The van der Waals surface area contributed by atoms with Gasteiger partial charge in [-0.25, -0.2) is 0 Å². The van der Waals surface area contributed by atoms with E-state index in [1.54, 1.807) is 0 Å². The Hall–Kier alpha value is 0.480. The van der Waals surface area contributed by atoms with Crippen LogP contribution in [0.5, 0.6) is 0 Å². The molecule has 0 nitrogen and oxygen atoms in total.